The van der Waals surface area contributed by atoms with Crippen molar-refractivity contribution in [2.24, 2.45) is 0 Å². The molecule has 2 heterocycles. The summed E-state index contributed by atoms with van der Waals surface area (Å²) in [6.45, 7) is 3.26. The van der Waals surface area contributed by atoms with E-state index in [1.807, 2.05) is 37.3 Å². The molecule has 4 nitrogen and oxygen atoms in total. The highest BCUT2D eigenvalue weighted by atomic mass is 16.6. The highest BCUT2D eigenvalue weighted by molar-refractivity contribution is 5.91. The highest BCUT2D eigenvalue weighted by Crippen LogP contribution is 2.33. The van der Waals surface area contributed by atoms with Gasteiger partial charge in [0.15, 0.2) is 17.3 Å². The minimum atomic E-state index is -0.140. The lowest BCUT2D eigenvalue weighted by Crippen LogP contribution is -1.86. The molecule has 0 amide bonds. The van der Waals surface area contributed by atoms with Crippen molar-refractivity contribution >= 4 is 5.78 Å². The molecule has 0 bridgehead atoms. The van der Waals surface area contributed by atoms with Gasteiger partial charge in [0.25, 0.3) is 5.95 Å². The van der Waals surface area contributed by atoms with Crippen LogP contribution in [0.1, 0.15) is 23.2 Å². The Balaban J connectivity index is 1.86. The number of carbonyl (C=O) groups is 1. The van der Waals surface area contributed by atoms with E-state index in [9.17, 15) is 4.79 Å². The number of aryl methyl sites for hydroxylation is 1. The second kappa shape index (κ2) is 5.32. The van der Waals surface area contributed by atoms with Crippen molar-refractivity contribution in [1.29, 1.82) is 0 Å². The van der Waals surface area contributed by atoms with E-state index < -0.39 is 0 Å². The Labute approximate surface area is 122 Å². The van der Waals surface area contributed by atoms with Crippen LogP contribution in [0.25, 0.3) is 11.3 Å². The minimum Gasteiger partial charge on any atom is -0.457 e. The largest absolute Gasteiger partial charge is 0.457 e. The maximum atomic E-state index is 11.2. The van der Waals surface area contributed by atoms with Crippen LogP contribution < -0.4 is 4.74 Å². The highest BCUT2D eigenvalue weighted by Gasteiger charge is 2.14. The van der Waals surface area contributed by atoms with Gasteiger partial charge in [-0.2, -0.15) is 0 Å². The lowest BCUT2D eigenvalue weighted by molar-refractivity contribution is 0.0982. The average molecular weight is 282 g/mol. The summed E-state index contributed by atoms with van der Waals surface area (Å²) >= 11 is 0. The first-order valence-electron chi connectivity index (χ1n) is 6.58. The van der Waals surface area contributed by atoms with Gasteiger partial charge in [-0.3, -0.25) is 4.79 Å². The van der Waals surface area contributed by atoms with Crippen LogP contribution in [0.3, 0.4) is 0 Å². The van der Waals surface area contributed by atoms with Gasteiger partial charge in [-0.25, -0.2) is 0 Å². The fourth-order valence-electron chi connectivity index (χ4n) is 1.98. The summed E-state index contributed by atoms with van der Waals surface area (Å²) in [6.07, 6.45) is 0. The molecule has 0 fully saturated rings. The van der Waals surface area contributed by atoms with Crippen molar-refractivity contribution in [1.82, 2.24) is 0 Å². The van der Waals surface area contributed by atoms with Crippen LogP contribution in [-0.2, 0) is 0 Å². The van der Waals surface area contributed by atoms with Crippen molar-refractivity contribution in [3.8, 4) is 23.0 Å². The van der Waals surface area contributed by atoms with Crippen molar-refractivity contribution in [3.05, 3.63) is 60.1 Å². The number of ether oxygens (including phenoxy) is 1. The number of ketones is 1. The molecule has 0 N–H and O–H groups in total. The molecule has 106 valence electrons. The molecule has 3 aromatic rings. The van der Waals surface area contributed by atoms with Crippen LogP contribution in [0.4, 0.5) is 0 Å². The smallest absolute Gasteiger partial charge is 0.290 e. The Kier molecular flexibility index (Phi) is 3.36. The molecule has 0 aliphatic rings. The molecular formula is C17H14O4. The lowest BCUT2D eigenvalue weighted by atomic mass is 10.2. The zero-order valence-corrected chi connectivity index (χ0v) is 11.8. The van der Waals surface area contributed by atoms with Crippen LogP contribution in [-0.4, -0.2) is 5.78 Å². The summed E-state index contributed by atoms with van der Waals surface area (Å²) in [5, 5.41) is 0. The van der Waals surface area contributed by atoms with E-state index in [1.54, 1.807) is 18.2 Å². The molecule has 3 rings (SSSR count). The number of rotatable bonds is 4. The van der Waals surface area contributed by atoms with Crippen molar-refractivity contribution in [2.45, 2.75) is 13.8 Å². The molecular weight excluding hydrogens is 268 g/mol. The van der Waals surface area contributed by atoms with Gasteiger partial charge in [-0.1, -0.05) is 30.3 Å². The van der Waals surface area contributed by atoms with E-state index >= 15 is 0 Å². The van der Waals surface area contributed by atoms with Gasteiger partial charge in [0.2, 0.25) is 0 Å². The molecule has 21 heavy (non-hydrogen) atoms. The average Bonchev–Trinajstić information content (AvgIpc) is 3.08. The first kappa shape index (κ1) is 13.2. The maximum Gasteiger partial charge on any atom is 0.290 e. The van der Waals surface area contributed by atoms with Crippen molar-refractivity contribution in [2.75, 3.05) is 0 Å². The number of Topliss-reactive ketones (excluding diaryl/α,β-unsaturated/α-hetero) is 1. The molecule has 0 aliphatic heterocycles. The molecule has 0 saturated heterocycles. The maximum absolute atomic E-state index is 11.2. The molecule has 0 atom stereocenters. The van der Waals surface area contributed by atoms with E-state index in [2.05, 4.69) is 0 Å². The molecule has 0 radical (unpaired) electrons. The van der Waals surface area contributed by atoms with E-state index in [4.69, 9.17) is 13.6 Å². The molecule has 0 saturated carbocycles. The van der Waals surface area contributed by atoms with Gasteiger partial charge in [0.1, 0.15) is 11.5 Å². The van der Waals surface area contributed by atoms with E-state index in [0.29, 0.717) is 11.5 Å². The molecule has 0 unspecified atom stereocenters. The summed E-state index contributed by atoms with van der Waals surface area (Å²) in [6, 6.07) is 14.8. The minimum absolute atomic E-state index is 0.140. The molecule has 2 aromatic heterocycles. The fraction of sp³-hybridized carbons (Fsp3) is 0.118. The zero-order chi connectivity index (χ0) is 14.8. The Morgan fingerprint density at radius 1 is 1.05 bits per heavy atom. The molecule has 1 aromatic carbocycles. The van der Waals surface area contributed by atoms with Crippen molar-refractivity contribution in [3.63, 3.8) is 0 Å². The molecule has 0 aliphatic carbocycles. The third-order valence-corrected chi connectivity index (χ3v) is 3.07. The van der Waals surface area contributed by atoms with Gasteiger partial charge < -0.3 is 13.6 Å². The monoisotopic (exact) mass is 282 g/mol. The summed E-state index contributed by atoms with van der Waals surface area (Å²) in [5.74, 6) is 2.34. The van der Waals surface area contributed by atoms with Gasteiger partial charge >= 0.3 is 0 Å². The normalized spacial score (nSPS) is 10.6. The van der Waals surface area contributed by atoms with Gasteiger partial charge in [-0.15, -0.1) is 0 Å². The Morgan fingerprint density at radius 2 is 1.81 bits per heavy atom. The molecule has 0 spiro atoms. The van der Waals surface area contributed by atoms with Crippen LogP contribution in [0.5, 0.6) is 11.7 Å². The SMILES string of the molecule is CC(=O)c1ccc(Oc2cc(-c3ccccc3)oc2C)o1. The summed E-state index contributed by atoms with van der Waals surface area (Å²) in [4.78, 5) is 11.2. The number of benzene rings is 1. The zero-order valence-electron chi connectivity index (χ0n) is 11.8. The van der Waals surface area contributed by atoms with Gasteiger partial charge in [-0.05, 0) is 13.0 Å². The predicted octanol–water partition coefficient (Wildman–Crippen LogP) is 4.84. The van der Waals surface area contributed by atoms with Crippen LogP contribution in [0.15, 0.2) is 57.4 Å². The quantitative estimate of drug-likeness (QED) is 0.642. The number of furan rings is 2. The van der Waals surface area contributed by atoms with Crippen molar-refractivity contribution < 1.29 is 18.4 Å². The van der Waals surface area contributed by atoms with Crippen LogP contribution in [0.2, 0.25) is 0 Å². The van der Waals surface area contributed by atoms with E-state index in [-0.39, 0.29) is 17.5 Å². The predicted molar refractivity (Wildman–Crippen MR) is 77.7 cm³/mol. The summed E-state index contributed by atoms with van der Waals surface area (Å²) in [5.41, 5.74) is 0.972. The summed E-state index contributed by atoms with van der Waals surface area (Å²) in [7, 11) is 0. The van der Waals surface area contributed by atoms with Crippen LogP contribution >= 0.6 is 0 Å². The van der Waals surface area contributed by atoms with E-state index in [0.717, 1.165) is 11.3 Å². The standard InChI is InChI=1S/C17H14O4/c1-11(18)14-8-9-17(20-14)21-15-10-16(19-12(15)2)13-6-4-3-5-7-13/h3-10H,1-2H3. The van der Waals surface area contributed by atoms with Gasteiger partial charge in [0.05, 0.1) is 0 Å². The lowest BCUT2D eigenvalue weighted by Gasteiger charge is -1.98. The Bertz CT molecular complexity index is 765. The number of carbonyl (C=O) groups excluding carboxylic acids is 1. The number of hydrogen-bond acceptors (Lipinski definition) is 4. The van der Waals surface area contributed by atoms with E-state index in [1.165, 1.54) is 6.92 Å². The Morgan fingerprint density at radius 3 is 2.48 bits per heavy atom. The third kappa shape index (κ3) is 2.74. The molecule has 4 heteroatoms. The Hall–Kier alpha value is -2.75. The first-order chi connectivity index (χ1) is 10.1. The summed E-state index contributed by atoms with van der Waals surface area (Å²) < 4.78 is 16.6. The first-order valence-corrected chi connectivity index (χ1v) is 6.58. The second-order valence-electron chi connectivity index (χ2n) is 4.67. The fourth-order valence-corrected chi connectivity index (χ4v) is 1.98. The topological polar surface area (TPSA) is 52.6 Å². The second-order valence-corrected chi connectivity index (χ2v) is 4.67. The third-order valence-electron chi connectivity index (χ3n) is 3.07. The van der Waals surface area contributed by atoms with Gasteiger partial charge in [0, 0.05) is 24.6 Å². The van der Waals surface area contributed by atoms with Crippen LogP contribution in [0, 0.1) is 6.92 Å². The number of hydrogen-bond donors (Lipinski definition) is 0.